The number of halogens is 2. The third kappa shape index (κ3) is 5.45. The maximum absolute atomic E-state index is 13.1. The van der Waals surface area contributed by atoms with Crippen molar-refractivity contribution in [3.05, 3.63) is 81.9 Å². The Morgan fingerprint density at radius 2 is 1.77 bits per heavy atom. The molecule has 3 aromatic rings. The van der Waals surface area contributed by atoms with Crippen molar-refractivity contribution in [1.29, 1.82) is 0 Å². The van der Waals surface area contributed by atoms with E-state index in [-0.39, 0.29) is 30.4 Å². The number of benzene rings is 2. The third-order valence-corrected chi connectivity index (χ3v) is 4.60. The molecule has 0 atom stereocenters. The summed E-state index contributed by atoms with van der Waals surface area (Å²) in [5, 5.41) is 7.63. The summed E-state index contributed by atoms with van der Waals surface area (Å²) in [6.45, 7) is 3.66. The van der Waals surface area contributed by atoms with Gasteiger partial charge in [0, 0.05) is 23.2 Å². The highest BCUT2D eigenvalue weighted by atomic mass is 35.5. The maximum Gasteiger partial charge on any atom is 0.266 e. The number of aromatic nitrogens is 2. The van der Waals surface area contributed by atoms with Crippen molar-refractivity contribution in [3.8, 4) is 17.0 Å². The molecule has 0 spiro atoms. The molecule has 2 aromatic carbocycles. The Balaban J connectivity index is 1.61. The molecule has 1 N–H and O–H groups in total. The average Bonchev–Trinajstić information content (AvgIpc) is 2.71. The van der Waals surface area contributed by atoms with E-state index in [0.717, 1.165) is 0 Å². The van der Waals surface area contributed by atoms with Crippen molar-refractivity contribution in [2.75, 3.05) is 6.54 Å². The van der Waals surface area contributed by atoms with Crippen LogP contribution in [0.5, 0.6) is 5.75 Å². The second-order valence-electron chi connectivity index (χ2n) is 7.11. The standard InChI is InChI=1S/C22H21ClFN3O3/c1-22(2,30-18-9-5-16(23)6-10-18)21(29)25-13-14-27-20(28)12-11-19(26-27)15-3-7-17(24)8-4-15/h3-12H,13-14H2,1-2H3,(H,25,29). The Hall–Kier alpha value is -3.19. The molecule has 156 valence electrons. The molecular weight excluding hydrogens is 409 g/mol. The van der Waals surface area contributed by atoms with E-state index in [4.69, 9.17) is 16.3 Å². The molecule has 0 bridgehead atoms. The predicted molar refractivity (Wildman–Crippen MR) is 113 cm³/mol. The number of nitrogens with zero attached hydrogens (tertiary/aromatic N) is 2. The van der Waals surface area contributed by atoms with Crippen LogP contribution >= 0.6 is 11.6 Å². The molecule has 0 unspecified atom stereocenters. The molecule has 0 fully saturated rings. The van der Waals surface area contributed by atoms with Gasteiger partial charge in [-0.2, -0.15) is 5.10 Å². The van der Waals surface area contributed by atoms with Gasteiger partial charge in [-0.15, -0.1) is 0 Å². The molecule has 1 amide bonds. The summed E-state index contributed by atoms with van der Waals surface area (Å²) in [6, 6.07) is 15.5. The summed E-state index contributed by atoms with van der Waals surface area (Å²) in [7, 11) is 0. The normalized spacial score (nSPS) is 11.2. The van der Waals surface area contributed by atoms with Gasteiger partial charge in [0.15, 0.2) is 5.60 Å². The molecule has 0 radical (unpaired) electrons. The summed E-state index contributed by atoms with van der Waals surface area (Å²) in [4.78, 5) is 24.6. The monoisotopic (exact) mass is 429 g/mol. The van der Waals surface area contributed by atoms with Crippen LogP contribution in [-0.4, -0.2) is 27.8 Å². The van der Waals surface area contributed by atoms with Crippen LogP contribution in [0, 0.1) is 5.82 Å². The van der Waals surface area contributed by atoms with E-state index in [1.54, 1.807) is 56.3 Å². The van der Waals surface area contributed by atoms with Gasteiger partial charge >= 0.3 is 0 Å². The number of carbonyl (C=O) groups is 1. The zero-order valence-electron chi connectivity index (χ0n) is 16.6. The Bertz CT molecular complexity index is 1080. The van der Waals surface area contributed by atoms with Gasteiger partial charge in [0.25, 0.3) is 11.5 Å². The first-order chi connectivity index (χ1) is 14.2. The summed E-state index contributed by atoms with van der Waals surface area (Å²) in [5.74, 6) is -0.164. The highest BCUT2D eigenvalue weighted by Gasteiger charge is 2.29. The van der Waals surface area contributed by atoms with Gasteiger partial charge in [0.05, 0.1) is 12.2 Å². The molecule has 6 nitrogen and oxygen atoms in total. The summed E-state index contributed by atoms with van der Waals surface area (Å²) < 4.78 is 20.1. The first-order valence-corrected chi connectivity index (χ1v) is 9.69. The number of carbonyl (C=O) groups excluding carboxylic acids is 1. The predicted octanol–water partition coefficient (Wildman–Crippen LogP) is 3.68. The van der Waals surface area contributed by atoms with Crippen LogP contribution in [-0.2, 0) is 11.3 Å². The minimum absolute atomic E-state index is 0.177. The minimum atomic E-state index is -1.12. The summed E-state index contributed by atoms with van der Waals surface area (Å²) >= 11 is 5.86. The van der Waals surface area contributed by atoms with E-state index in [1.165, 1.54) is 22.9 Å². The lowest BCUT2D eigenvalue weighted by molar-refractivity contribution is -0.134. The lowest BCUT2D eigenvalue weighted by Gasteiger charge is -2.25. The quantitative estimate of drug-likeness (QED) is 0.621. The van der Waals surface area contributed by atoms with E-state index in [0.29, 0.717) is 22.0 Å². The van der Waals surface area contributed by atoms with Crippen molar-refractivity contribution in [2.24, 2.45) is 0 Å². The van der Waals surface area contributed by atoms with Crippen molar-refractivity contribution in [2.45, 2.75) is 26.0 Å². The first kappa shape index (κ1) is 21.5. The van der Waals surface area contributed by atoms with E-state index < -0.39 is 5.60 Å². The zero-order chi connectivity index (χ0) is 21.7. The van der Waals surface area contributed by atoms with Gasteiger partial charge in [-0.3, -0.25) is 9.59 Å². The van der Waals surface area contributed by atoms with Gasteiger partial charge < -0.3 is 10.1 Å². The molecule has 0 aliphatic carbocycles. The van der Waals surface area contributed by atoms with Crippen molar-refractivity contribution < 1.29 is 13.9 Å². The third-order valence-electron chi connectivity index (χ3n) is 4.35. The van der Waals surface area contributed by atoms with E-state index in [2.05, 4.69) is 10.4 Å². The second-order valence-corrected chi connectivity index (χ2v) is 7.55. The Morgan fingerprint density at radius 1 is 1.10 bits per heavy atom. The SMILES string of the molecule is CC(C)(Oc1ccc(Cl)cc1)C(=O)NCCn1nc(-c2ccc(F)cc2)ccc1=O. The molecule has 1 aromatic heterocycles. The molecule has 0 aliphatic heterocycles. The average molecular weight is 430 g/mol. The Labute approximate surface area is 178 Å². The van der Waals surface area contributed by atoms with Crippen molar-refractivity contribution >= 4 is 17.5 Å². The van der Waals surface area contributed by atoms with Crippen LogP contribution < -0.4 is 15.6 Å². The van der Waals surface area contributed by atoms with Crippen LogP contribution in [0.4, 0.5) is 4.39 Å². The minimum Gasteiger partial charge on any atom is -0.478 e. The van der Waals surface area contributed by atoms with Gasteiger partial charge in [-0.25, -0.2) is 9.07 Å². The van der Waals surface area contributed by atoms with E-state index in [9.17, 15) is 14.0 Å². The van der Waals surface area contributed by atoms with E-state index in [1.807, 2.05) is 0 Å². The molecule has 0 saturated heterocycles. The molecule has 0 saturated carbocycles. The summed E-state index contributed by atoms with van der Waals surface area (Å²) in [6.07, 6.45) is 0. The number of hydrogen-bond acceptors (Lipinski definition) is 4. The molecule has 0 aliphatic rings. The van der Waals surface area contributed by atoms with Crippen LogP contribution in [0.1, 0.15) is 13.8 Å². The fraction of sp³-hybridized carbons (Fsp3) is 0.227. The maximum atomic E-state index is 13.1. The van der Waals surface area contributed by atoms with Gasteiger partial charge in [0.1, 0.15) is 11.6 Å². The highest BCUT2D eigenvalue weighted by molar-refractivity contribution is 6.30. The fourth-order valence-corrected chi connectivity index (χ4v) is 2.84. The fourth-order valence-electron chi connectivity index (χ4n) is 2.72. The van der Waals surface area contributed by atoms with Crippen molar-refractivity contribution in [1.82, 2.24) is 15.1 Å². The number of nitrogens with one attached hydrogen (secondary N) is 1. The Morgan fingerprint density at radius 3 is 2.43 bits per heavy atom. The molecule has 1 heterocycles. The molecule has 3 rings (SSSR count). The van der Waals surface area contributed by atoms with Gasteiger partial charge in [-0.05, 0) is 68.4 Å². The lowest BCUT2D eigenvalue weighted by Crippen LogP contribution is -2.47. The largest absolute Gasteiger partial charge is 0.478 e. The van der Waals surface area contributed by atoms with Gasteiger partial charge in [-0.1, -0.05) is 11.6 Å². The highest BCUT2D eigenvalue weighted by Crippen LogP contribution is 2.21. The lowest BCUT2D eigenvalue weighted by atomic mass is 10.1. The van der Waals surface area contributed by atoms with Crippen LogP contribution in [0.15, 0.2) is 65.5 Å². The van der Waals surface area contributed by atoms with Gasteiger partial charge in [0.2, 0.25) is 0 Å². The number of ether oxygens (including phenoxy) is 1. The molecule has 30 heavy (non-hydrogen) atoms. The van der Waals surface area contributed by atoms with Crippen molar-refractivity contribution in [3.63, 3.8) is 0 Å². The first-order valence-electron chi connectivity index (χ1n) is 9.31. The smallest absolute Gasteiger partial charge is 0.266 e. The topological polar surface area (TPSA) is 73.2 Å². The molecular formula is C22H21ClFN3O3. The van der Waals surface area contributed by atoms with Crippen LogP contribution in [0.2, 0.25) is 5.02 Å². The summed E-state index contributed by atoms with van der Waals surface area (Å²) in [5.41, 5.74) is -0.201. The second kappa shape index (κ2) is 9.09. The number of amides is 1. The van der Waals surface area contributed by atoms with E-state index >= 15 is 0 Å². The molecule has 8 heteroatoms. The number of hydrogen-bond donors (Lipinski definition) is 1. The van der Waals surface area contributed by atoms with Crippen LogP contribution in [0.3, 0.4) is 0 Å². The zero-order valence-corrected chi connectivity index (χ0v) is 17.3. The van der Waals surface area contributed by atoms with Crippen LogP contribution in [0.25, 0.3) is 11.3 Å². The Kier molecular flexibility index (Phi) is 6.52. The number of rotatable bonds is 7.